The molecule has 2 N–H and O–H groups in total. The van der Waals surface area contributed by atoms with E-state index in [2.05, 4.69) is 6.92 Å². The zero-order chi connectivity index (χ0) is 15.9. The molecule has 0 saturated heterocycles. The highest BCUT2D eigenvalue weighted by molar-refractivity contribution is 5.87. The number of carboxylic acid groups (broad SMARTS) is 2. The Hall–Kier alpha value is -1.32. The van der Waals surface area contributed by atoms with Crippen molar-refractivity contribution in [3.63, 3.8) is 0 Å². The highest BCUT2D eigenvalue weighted by atomic mass is 16.4. The van der Waals surface area contributed by atoms with Gasteiger partial charge in [0.05, 0.1) is 0 Å². The maximum Gasteiger partial charge on any atom is 0.331 e. The van der Waals surface area contributed by atoms with Crippen molar-refractivity contribution in [3.05, 3.63) is 11.6 Å². The molecule has 0 aliphatic carbocycles. The summed E-state index contributed by atoms with van der Waals surface area (Å²) >= 11 is 0. The van der Waals surface area contributed by atoms with Gasteiger partial charge in [-0.05, 0) is 19.3 Å². The Morgan fingerprint density at radius 1 is 0.810 bits per heavy atom. The number of allylic oxidation sites excluding steroid dienone is 1. The molecule has 0 aromatic heterocycles. The van der Waals surface area contributed by atoms with Crippen LogP contribution in [0.4, 0.5) is 0 Å². The van der Waals surface area contributed by atoms with Gasteiger partial charge in [-0.2, -0.15) is 0 Å². The van der Waals surface area contributed by atoms with Crippen molar-refractivity contribution in [2.75, 3.05) is 0 Å². The molecule has 0 saturated carbocycles. The molecule has 0 aromatic rings. The molecule has 0 atom stereocenters. The van der Waals surface area contributed by atoms with Crippen LogP contribution in [-0.2, 0) is 9.59 Å². The van der Waals surface area contributed by atoms with Gasteiger partial charge in [-0.1, -0.05) is 64.4 Å². The molecule has 0 amide bonds. The Morgan fingerprint density at radius 3 is 1.81 bits per heavy atom. The van der Waals surface area contributed by atoms with E-state index in [4.69, 9.17) is 10.2 Å². The monoisotopic (exact) mass is 298 g/mol. The minimum atomic E-state index is -0.993. The molecule has 0 aliphatic heterocycles. The first-order valence-corrected chi connectivity index (χ1v) is 8.22. The minimum Gasteiger partial charge on any atom is -0.481 e. The van der Waals surface area contributed by atoms with E-state index >= 15 is 0 Å². The van der Waals surface area contributed by atoms with Crippen molar-refractivity contribution in [2.24, 2.45) is 0 Å². The molecule has 21 heavy (non-hydrogen) atoms. The lowest BCUT2D eigenvalue weighted by Crippen LogP contribution is -2.04. The molecule has 0 radical (unpaired) electrons. The second-order valence-corrected chi connectivity index (χ2v) is 5.55. The van der Waals surface area contributed by atoms with Crippen molar-refractivity contribution >= 4 is 11.9 Å². The number of unbranched alkanes of at least 4 members (excludes halogenated alkanes) is 9. The number of rotatable bonds is 14. The summed E-state index contributed by atoms with van der Waals surface area (Å²) < 4.78 is 0. The van der Waals surface area contributed by atoms with Gasteiger partial charge in [-0.25, -0.2) is 4.79 Å². The Balaban J connectivity index is 3.62. The third-order valence-corrected chi connectivity index (χ3v) is 3.58. The van der Waals surface area contributed by atoms with Crippen LogP contribution in [0.1, 0.15) is 84.0 Å². The molecule has 4 heteroatoms. The average molecular weight is 298 g/mol. The van der Waals surface area contributed by atoms with Gasteiger partial charge in [0, 0.05) is 12.0 Å². The maximum atomic E-state index is 10.9. The SMILES string of the molecule is CCCCCCCCCCC/C=C(\CCC(=O)O)C(=O)O. The summed E-state index contributed by atoms with van der Waals surface area (Å²) in [6.45, 7) is 2.22. The Morgan fingerprint density at radius 2 is 1.33 bits per heavy atom. The standard InChI is InChI=1S/C17H30O4/c1-2-3-4-5-6-7-8-9-10-11-12-15(17(20)21)13-14-16(18)19/h12H,2-11,13-14H2,1H3,(H,18,19)(H,20,21)/b15-12+. The fraction of sp³-hybridized carbons (Fsp3) is 0.765. The van der Waals surface area contributed by atoms with E-state index in [0.717, 1.165) is 19.3 Å². The molecule has 0 fully saturated rings. The number of hydrogen-bond donors (Lipinski definition) is 2. The van der Waals surface area contributed by atoms with Gasteiger partial charge in [0.2, 0.25) is 0 Å². The summed E-state index contributed by atoms with van der Waals surface area (Å²) in [5.41, 5.74) is 0.233. The first-order valence-electron chi connectivity index (χ1n) is 8.22. The van der Waals surface area contributed by atoms with Crippen LogP contribution in [0.3, 0.4) is 0 Å². The Kier molecular flexibility index (Phi) is 12.8. The Bertz CT molecular complexity index is 321. The molecule has 0 aromatic carbocycles. The van der Waals surface area contributed by atoms with Crippen LogP contribution < -0.4 is 0 Å². The van der Waals surface area contributed by atoms with E-state index in [9.17, 15) is 9.59 Å². The molecule has 0 aliphatic rings. The van der Waals surface area contributed by atoms with Crippen molar-refractivity contribution in [2.45, 2.75) is 84.0 Å². The van der Waals surface area contributed by atoms with Crippen molar-refractivity contribution in [3.8, 4) is 0 Å². The van der Waals surface area contributed by atoms with Crippen LogP contribution in [0.5, 0.6) is 0 Å². The normalized spacial score (nSPS) is 11.6. The first kappa shape index (κ1) is 19.7. The second kappa shape index (κ2) is 13.7. The van der Waals surface area contributed by atoms with Crippen LogP contribution >= 0.6 is 0 Å². The fourth-order valence-corrected chi connectivity index (χ4v) is 2.27. The van der Waals surface area contributed by atoms with Gasteiger partial charge in [0.15, 0.2) is 0 Å². The molecular formula is C17H30O4. The third-order valence-electron chi connectivity index (χ3n) is 3.58. The van der Waals surface area contributed by atoms with E-state index < -0.39 is 11.9 Å². The van der Waals surface area contributed by atoms with E-state index in [1.54, 1.807) is 6.08 Å². The largest absolute Gasteiger partial charge is 0.481 e. The summed E-state index contributed by atoms with van der Waals surface area (Å²) in [5.74, 6) is -1.95. The summed E-state index contributed by atoms with van der Waals surface area (Å²) in [6, 6.07) is 0. The van der Waals surface area contributed by atoms with Crippen molar-refractivity contribution in [1.82, 2.24) is 0 Å². The maximum absolute atomic E-state index is 10.9. The van der Waals surface area contributed by atoms with Gasteiger partial charge < -0.3 is 10.2 Å². The third kappa shape index (κ3) is 13.4. The minimum absolute atomic E-state index is 0.113. The van der Waals surface area contributed by atoms with Gasteiger partial charge >= 0.3 is 11.9 Å². The molecular weight excluding hydrogens is 268 g/mol. The molecule has 0 spiro atoms. The van der Waals surface area contributed by atoms with Crippen LogP contribution in [0.15, 0.2) is 11.6 Å². The first-order chi connectivity index (χ1) is 10.1. The quantitative estimate of drug-likeness (QED) is 0.357. The van der Waals surface area contributed by atoms with Gasteiger partial charge in [-0.3, -0.25) is 4.79 Å². The van der Waals surface area contributed by atoms with Crippen LogP contribution in [0.25, 0.3) is 0 Å². The van der Waals surface area contributed by atoms with E-state index in [0.29, 0.717) is 0 Å². The second-order valence-electron chi connectivity index (χ2n) is 5.55. The van der Waals surface area contributed by atoms with Crippen molar-refractivity contribution < 1.29 is 19.8 Å². The number of carboxylic acids is 2. The molecule has 122 valence electrons. The zero-order valence-electron chi connectivity index (χ0n) is 13.3. The number of hydrogen-bond acceptors (Lipinski definition) is 2. The zero-order valence-corrected chi connectivity index (χ0v) is 13.3. The summed E-state index contributed by atoms with van der Waals surface area (Å²) in [6.07, 6.45) is 13.6. The smallest absolute Gasteiger partial charge is 0.331 e. The van der Waals surface area contributed by atoms with E-state index in [1.807, 2.05) is 0 Å². The highest BCUT2D eigenvalue weighted by Gasteiger charge is 2.08. The molecule has 0 unspecified atom stereocenters. The number of carbonyl (C=O) groups is 2. The van der Waals surface area contributed by atoms with Gasteiger partial charge in [0.1, 0.15) is 0 Å². The summed E-state index contributed by atoms with van der Waals surface area (Å²) in [7, 11) is 0. The molecule has 4 nitrogen and oxygen atoms in total. The summed E-state index contributed by atoms with van der Waals surface area (Å²) in [4.78, 5) is 21.4. The predicted octanol–water partition coefficient (Wildman–Crippen LogP) is 4.78. The average Bonchev–Trinajstić information content (AvgIpc) is 2.43. The van der Waals surface area contributed by atoms with Crippen LogP contribution in [0, 0.1) is 0 Å². The topological polar surface area (TPSA) is 74.6 Å². The summed E-state index contributed by atoms with van der Waals surface area (Å²) in [5, 5.41) is 17.5. The molecule has 0 bridgehead atoms. The molecule has 0 rings (SSSR count). The van der Waals surface area contributed by atoms with E-state index in [-0.39, 0.29) is 18.4 Å². The lowest BCUT2D eigenvalue weighted by Gasteiger charge is -2.02. The number of aliphatic carboxylic acids is 2. The molecule has 0 heterocycles. The fourth-order valence-electron chi connectivity index (χ4n) is 2.27. The lowest BCUT2D eigenvalue weighted by atomic mass is 10.0. The van der Waals surface area contributed by atoms with Gasteiger partial charge in [0.25, 0.3) is 0 Å². The van der Waals surface area contributed by atoms with Crippen LogP contribution in [0.2, 0.25) is 0 Å². The van der Waals surface area contributed by atoms with Crippen LogP contribution in [-0.4, -0.2) is 22.2 Å². The Labute approximate surface area is 128 Å². The van der Waals surface area contributed by atoms with Crippen molar-refractivity contribution in [1.29, 1.82) is 0 Å². The van der Waals surface area contributed by atoms with E-state index in [1.165, 1.54) is 44.9 Å². The highest BCUT2D eigenvalue weighted by Crippen LogP contribution is 2.13. The van der Waals surface area contributed by atoms with Gasteiger partial charge in [-0.15, -0.1) is 0 Å². The predicted molar refractivity (Wildman–Crippen MR) is 84.4 cm³/mol. The lowest BCUT2D eigenvalue weighted by molar-refractivity contribution is -0.137.